The molecule has 18 heavy (non-hydrogen) atoms. The number of morpholine rings is 1. The number of carbonyl (C=O) groups is 1. The number of aromatic amines is 1. The molecule has 0 spiro atoms. The van der Waals surface area contributed by atoms with Gasteiger partial charge in [-0.15, -0.1) is 0 Å². The largest absolute Gasteiger partial charge is 0.378 e. The third-order valence-corrected chi connectivity index (χ3v) is 3.37. The molecule has 2 aromatic rings. The molecule has 0 bridgehead atoms. The van der Waals surface area contributed by atoms with Gasteiger partial charge in [0.05, 0.1) is 18.8 Å². The molecule has 1 fully saturated rings. The Labute approximate surface area is 106 Å². The van der Waals surface area contributed by atoms with Crippen LogP contribution >= 0.6 is 0 Å². The van der Waals surface area contributed by atoms with E-state index < -0.39 is 0 Å². The second-order valence-corrected chi connectivity index (χ2v) is 4.66. The number of hydrogen-bond acceptors (Lipinski definition) is 2. The van der Waals surface area contributed by atoms with Crippen molar-refractivity contribution in [3.63, 3.8) is 0 Å². The van der Waals surface area contributed by atoms with Crippen molar-refractivity contribution < 1.29 is 9.53 Å². The maximum Gasteiger partial charge on any atom is 0.256 e. The molecule has 1 saturated heterocycles. The van der Waals surface area contributed by atoms with E-state index in [0.29, 0.717) is 26.3 Å². The number of fused-ring (bicyclic) bond motifs is 1. The van der Waals surface area contributed by atoms with Gasteiger partial charge < -0.3 is 14.6 Å². The number of rotatable bonds is 1. The van der Waals surface area contributed by atoms with Crippen LogP contribution in [0.5, 0.6) is 0 Å². The lowest BCUT2D eigenvalue weighted by Gasteiger charge is -2.26. The Bertz CT molecular complexity index is 582. The van der Waals surface area contributed by atoms with Crippen molar-refractivity contribution in [1.29, 1.82) is 0 Å². The van der Waals surface area contributed by atoms with E-state index in [4.69, 9.17) is 4.74 Å². The molecule has 0 saturated carbocycles. The summed E-state index contributed by atoms with van der Waals surface area (Å²) in [7, 11) is 0. The molecule has 1 aromatic carbocycles. The molecule has 2 heterocycles. The van der Waals surface area contributed by atoms with Gasteiger partial charge in [0.1, 0.15) is 0 Å². The average molecular weight is 244 g/mol. The summed E-state index contributed by atoms with van der Waals surface area (Å²) in [5, 5.41) is 0.997. The van der Waals surface area contributed by atoms with Crippen LogP contribution in [-0.2, 0) is 4.74 Å². The number of nitrogens with one attached hydrogen (secondary N) is 1. The second-order valence-electron chi connectivity index (χ2n) is 4.66. The number of aromatic nitrogens is 1. The summed E-state index contributed by atoms with van der Waals surface area (Å²) in [6.45, 7) is 4.67. The monoisotopic (exact) mass is 244 g/mol. The lowest BCUT2D eigenvalue weighted by molar-refractivity contribution is 0.0304. The van der Waals surface area contributed by atoms with Crippen LogP contribution in [0.25, 0.3) is 10.9 Å². The Balaban J connectivity index is 1.96. The average Bonchev–Trinajstić information content (AvgIpc) is 2.81. The Morgan fingerprint density at radius 1 is 1.33 bits per heavy atom. The number of ether oxygens (including phenoxy) is 1. The third kappa shape index (κ3) is 1.88. The number of amides is 1. The molecule has 4 heteroatoms. The van der Waals surface area contributed by atoms with Crippen molar-refractivity contribution in [2.45, 2.75) is 6.92 Å². The van der Waals surface area contributed by atoms with Gasteiger partial charge in [0.2, 0.25) is 0 Å². The molecule has 0 radical (unpaired) electrons. The lowest BCUT2D eigenvalue weighted by Crippen LogP contribution is -2.40. The van der Waals surface area contributed by atoms with E-state index in [1.165, 1.54) is 5.56 Å². The highest BCUT2D eigenvalue weighted by atomic mass is 16.5. The van der Waals surface area contributed by atoms with Crippen LogP contribution < -0.4 is 0 Å². The molecule has 3 rings (SSSR count). The molecule has 0 aliphatic carbocycles. The van der Waals surface area contributed by atoms with Crippen LogP contribution in [-0.4, -0.2) is 42.1 Å². The number of aryl methyl sites for hydroxylation is 1. The molecular formula is C14H16N2O2. The van der Waals surface area contributed by atoms with E-state index in [-0.39, 0.29) is 5.91 Å². The summed E-state index contributed by atoms with van der Waals surface area (Å²) in [6.07, 6.45) is 1.81. The van der Waals surface area contributed by atoms with Crippen LogP contribution in [0.3, 0.4) is 0 Å². The molecule has 1 aliphatic rings. The number of H-pyrrole nitrogens is 1. The molecular weight excluding hydrogens is 228 g/mol. The van der Waals surface area contributed by atoms with Crippen molar-refractivity contribution in [2.24, 2.45) is 0 Å². The van der Waals surface area contributed by atoms with Crippen LogP contribution in [0.2, 0.25) is 0 Å². The predicted molar refractivity (Wildman–Crippen MR) is 69.8 cm³/mol. The molecule has 1 N–H and O–H groups in total. The van der Waals surface area contributed by atoms with Gasteiger partial charge in [0.15, 0.2) is 0 Å². The Kier molecular flexibility index (Phi) is 2.80. The van der Waals surface area contributed by atoms with Gasteiger partial charge in [-0.2, -0.15) is 0 Å². The van der Waals surface area contributed by atoms with Crippen molar-refractivity contribution in [3.8, 4) is 0 Å². The van der Waals surface area contributed by atoms with Crippen LogP contribution in [0.15, 0.2) is 24.4 Å². The summed E-state index contributed by atoms with van der Waals surface area (Å²) in [6, 6.07) is 6.10. The summed E-state index contributed by atoms with van der Waals surface area (Å²) < 4.78 is 5.27. The minimum Gasteiger partial charge on any atom is -0.378 e. The van der Waals surface area contributed by atoms with Gasteiger partial charge in [-0.25, -0.2) is 0 Å². The molecule has 4 nitrogen and oxygen atoms in total. The van der Waals surface area contributed by atoms with E-state index in [9.17, 15) is 4.79 Å². The highest BCUT2D eigenvalue weighted by Gasteiger charge is 2.20. The summed E-state index contributed by atoms with van der Waals surface area (Å²) in [5.41, 5.74) is 2.97. The number of benzene rings is 1. The molecule has 0 atom stereocenters. The topological polar surface area (TPSA) is 45.3 Å². The zero-order valence-corrected chi connectivity index (χ0v) is 10.4. The Morgan fingerprint density at radius 3 is 2.89 bits per heavy atom. The number of nitrogens with zero attached hydrogens (tertiary/aromatic N) is 1. The molecule has 0 unspecified atom stereocenters. The maximum atomic E-state index is 12.4. The van der Waals surface area contributed by atoms with E-state index in [2.05, 4.69) is 11.1 Å². The zero-order valence-electron chi connectivity index (χ0n) is 10.4. The van der Waals surface area contributed by atoms with Crippen LogP contribution in [0.4, 0.5) is 0 Å². The maximum absolute atomic E-state index is 12.4. The van der Waals surface area contributed by atoms with Gasteiger partial charge in [-0.3, -0.25) is 4.79 Å². The van der Waals surface area contributed by atoms with Crippen molar-refractivity contribution in [2.75, 3.05) is 26.3 Å². The SMILES string of the molecule is Cc1ccc2c(C(=O)N3CCOCC3)c[nH]c2c1. The van der Waals surface area contributed by atoms with Gasteiger partial charge in [0.25, 0.3) is 5.91 Å². The fourth-order valence-electron chi connectivity index (χ4n) is 2.35. The van der Waals surface area contributed by atoms with Gasteiger partial charge >= 0.3 is 0 Å². The minimum atomic E-state index is 0.0911. The first-order valence-electron chi connectivity index (χ1n) is 6.20. The summed E-state index contributed by atoms with van der Waals surface area (Å²) in [5.74, 6) is 0.0911. The molecule has 1 aliphatic heterocycles. The van der Waals surface area contributed by atoms with Gasteiger partial charge in [0, 0.05) is 30.2 Å². The lowest BCUT2D eigenvalue weighted by atomic mass is 10.1. The standard InChI is InChI=1S/C14H16N2O2/c1-10-2-3-11-12(9-15-13(11)8-10)14(17)16-4-6-18-7-5-16/h2-3,8-9,15H,4-7H2,1H3. The second kappa shape index (κ2) is 4.46. The Morgan fingerprint density at radius 2 is 2.11 bits per heavy atom. The van der Waals surface area contributed by atoms with E-state index in [1.807, 2.05) is 30.2 Å². The van der Waals surface area contributed by atoms with Crippen LogP contribution in [0.1, 0.15) is 15.9 Å². The molecule has 1 amide bonds. The minimum absolute atomic E-state index is 0.0911. The van der Waals surface area contributed by atoms with E-state index >= 15 is 0 Å². The third-order valence-electron chi connectivity index (χ3n) is 3.37. The van der Waals surface area contributed by atoms with Gasteiger partial charge in [-0.05, 0) is 18.6 Å². The summed E-state index contributed by atoms with van der Waals surface area (Å²) >= 11 is 0. The van der Waals surface area contributed by atoms with E-state index in [0.717, 1.165) is 16.5 Å². The predicted octanol–water partition coefficient (Wildman–Crippen LogP) is 1.95. The van der Waals surface area contributed by atoms with Gasteiger partial charge in [-0.1, -0.05) is 12.1 Å². The fraction of sp³-hybridized carbons (Fsp3) is 0.357. The number of hydrogen-bond donors (Lipinski definition) is 1. The fourth-order valence-corrected chi connectivity index (χ4v) is 2.35. The van der Waals surface area contributed by atoms with Crippen molar-refractivity contribution in [3.05, 3.63) is 35.5 Å². The van der Waals surface area contributed by atoms with Crippen molar-refractivity contribution >= 4 is 16.8 Å². The van der Waals surface area contributed by atoms with E-state index in [1.54, 1.807) is 0 Å². The normalized spacial score (nSPS) is 16.2. The van der Waals surface area contributed by atoms with Crippen molar-refractivity contribution in [1.82, 2.24) is 9.88 Å². The first-order chi connectivity index (χ1) is 8.75. The first kappa shape index (κ1) is 11.3. The molecule has 94 valence electrons. The highest BCUT2D eigenvalue weighted by Crippen LogP contribution is 2.21. The molecule has 1 aromatic heterocycles. The number of carbonyl (C=O) groups excluding carboxylic acids is 1. The van der Waals surface area contributed by atoms with Crippen LogP contribution in [0, 0.1) is 6.92 Å². The highest BCUT2D eigenvalue weighted by molar-refractivity contribution is 6.06. The Hall–Kier alpha value is -1.81. The quantitative estimate of drug-likeness (QED) is 0.833. The first-order valence-corrected chi connectivity index (χ1v) is 6.20. The zero-order chi connectivity index (χ0) is 12.5. The summed E-state index contributed by atoms with van der Waals surface area (Å²) in [4.78, 5) is 17.4. The smallest absolute Gasteiger partial charge is 0.256 e.